The predicted octanol–water partition coefficient (Wildman–Crippen LogP) is 2.61. The highest BCUT2D eigenvalue weighted by atomic mass is 16.5. The lowest BCUT2D eigenvalue weighted by Gasteiger charge is -2.16. The van der Waals surface area contributed by atoms with E-state index in [0.29, 0.717) is 12.5 Å². The highest BCUT2D eigenvalue weighted by molar-refractivity contribution is 5.77. The summed E-state index contributed by atoms with van der Waals surface area (Å²) in [6.45, 7) is 11.9. The number of carbonyl (C=O) groups excluding carboxylic acids is 1. The molecule has 0 aliphatic heterocycles. The molecule has 2 N–H and O–H groups in total. The Morgan fingerprint density at radius 2 is 2.00 bits per heavy atom. The fraction of sp³-hybridized carbons (Fsp3) is 0.588. The second-order valence-corrected chi connectivity index (χ2v) is 5.75. The van der Waals surface area contributed by atoms with Crippen LogP contribution in [0.25, 0.3) is 0 Å². The van der Waals surface area contributed by atoms with Gasteiger partial charge in [0.15, 0.2) is 6.61 Å². The Morgan fingerprint density at radius 1 is 1.29 bits per heavy atom. The Bertz CT molecular complexity index is 458. The molecule has 21 heavy (non-hydrogen) atoms. The summed E-state index contributed by atoms with van der Waals surface area (Å²) in [6, 6.07) is 6.40. The fourth-order valence-corrected chi connectivity index (χ4v) is 2.13. The van der Waals surface area contributed by atoms with Crippen LogP contribution in [0.5, 0.6) is 5.75 Å². The SMILES string of the molecule is CCN[C@H](C)CNC(=O)COc1cc(C)ccc1C(C)C. The van der Waals surface area contributed by atoms with Crippen LogP contribution < -0.4 is 15.4 Å². The molecule has 0 spiro atoms. The summed E-state index contributed by atoms with van der Waals surface area (Å²) in [6.07, 6.45) is 0. The van der Waals surface area contributed by atoms with Crippen LogP contribution >= 0.6 is 0 Å². The van der Waals surface area contributed by atoms with E-state index in [2.05, 4.69) is 36.6 Å². The van der Waals surface area contributed by atoms with Crippen molar-refractivity contribution < 1.29 is 9.53 Å². The topological polar surface area (TPSA) is 50.4 Å². The normalized spacial score (nSPS) is 12.3. The van der Waals surface area contributed by atoms with Crippen LogP contribution in [0.1, 0.15) is 44.7 Å². The van der Waals surface area contributed by atoms with Gasteiger partial charge in [0, 0.05) is 12.6 Å². The van der Waals surface area contributed by atoms with Crippen LogP contribution in [0.2, 0.25) is 0 Å². The quantitative estimate of drug-likeness (QED) is 0.774. The van der Waals surface area contributed by atoms with Crippen LogP contribution in [-0.2, 0) is 4.79 Å². The minimum atomic E-state index is -0.0871. The number of ether oxygens (including phenoxy) is 1. The lowest BCUT2D eigenvalue weighted by Crippen LogP contribution is -2.40. The van der Waals surface area contributed by atoms with Gasteiger partial charge in [-0.25, -0.2) is 0 Å². The summed E-state index contributed by atoms with van der Waals surface area (Å²) in [5.74, 6) is 1.09. The minimum absolute atomic E-state index is 0.0576. The van der Waals surface area contributed by atoms with Gasteiger partial charge in [-0.15, -0.1) is 0 Å². The second kappa shape index (κ2) is 8.67. The first kappa shape index (κ1) is 17.5. The van der Waals surface area contributed by atoms with Crippen molar-refractivity contribution in [3.63, 3.8) is 0 Å². The van der Waals surface area contributed by atoms with Crippen molar-refractivity contribution in [1.29, 1.82) is 0 Å². The number of benzene rings is 1. The summed E-state index contributed by atoms with van der Waals surface area (Å²) >= 11 is 0. The van der Waals surface area contributed by atoms with Crippen LogP contribution in [0, 0.1) is 6.92 Å². The van der Waals surface area contributed by atoms with E-state index in [1.165, 1.54) is 0 Å². The van der Waals surface area contributed by atoms with E-state index in [9.17, 15) is 4.79 Å². The van der Waals surface area contributed by atoms with Gasteiger partial charge in [-0.2, -0.15) is 0 Å². The molecule has 0 saturated carbocycles. The maximum atomic E-state index is 11.8. The highest BCUT2D eigenvalue weighted by Gasteiger charge is 2.10. The molecular formula is C17H28N2O2. The van der Waals surface area contributed by atoms with Crippen molar-refractivity contribution in [3.8, 4) is 5.75 Å². The molecular weight excluding hydrogens is 264 g/mol. The van der Waals surface area contributed by atoms with E-state index >= 15 is 0 Å². The zero-order chi connectivity index (χ0) is 15.8. The molecule has 1 amide bonds. The number of nitrogens with one attached hydrogen (secondary N) is 2. The molecule has 0 saturated heterocycles. The molecule has 0 aromatic heterocycles. The molecule has 0 heterocycles. The maximum Gasteiger partial charge on any atom is 0.257 e. The third kappa shape index (κ3) is 6.17. The molecule has 4 heteroatoms. The first-order valence-electron chi connectivity index (χ1n) is 7.67. The Balaban J connectivity index is 2.51. The third-order valence-corrected chi connectivity index (χ3v) is 3.31. The molecule has 0 fully saturated rings. The van der Waals surface area contributed by atoms with Crippen molar-refractivity contribution in [3.05, 3.63) is 29.3 Å². The number of hydrogen-bond donors (Lipinski definition) is 2. The van der Waals surface area contributed by atoms with E-state index < -0.39 is 0 Å². The van der Waals surface area contributed by atoms with Gasteiger partial charge in [0.2, 0.25) is 0 Å². The smallest absolute Gasteiger partial charge is 0.257 e. The molecule has 0 aliphatic rings. The summed E-state index contributed by atoms with van der Waals surface area (Å²) in [5, 5.41) is 6.12. The summed E-state index contributed by atoms with van der Waals surface area (Å²) in [4.78, 5) is 11.8. The zero-order valence-electron chi connectivity index (χ0n) is 13.8. The second-order valence-electron chi connectivity index (χ2n) is 5.75. The molecule has 0 unspecified atom stereocenters. The van der Waals surface area contributed by atoms with Gasteiger partial charge in [-0.05, 0) is 43.5 Å². The fourth-order valence-electron chi connectivity index (χ4n) is 2.13. The van der Waals surface area contributed by atoms with Crippen molar-refractivity contribution in [2.75, 3.05) is 19.7 Å². The summed E-state index contributed by atoms with van der Waals surface area (Å²) < 4.78 is 5.70. The first-order chi connectivity index (χ1) is 9.93. The van der Waals surface area contributed by atoms with E-state index in [-0.39, 0.29) is 18.6 Å². The van der Waals surface area contributed by atoms with Crippen molar-refractivity contribution in [2.24, 2.45) is 0 Å². The molecule has 0 radical (unpaired) electrons. The van der Waals surface area contributed by atoms with Gasteiger partial charge in [0.1, 0.15) is 5.75 Å². The molecule has 4 nitrogen and oxygen atoms in total. The van der Waals surface area contributed by atoms with Gasteiger partial charge >= 0.3 is 0 Å². The van der Waals surface area contributed by atoms with E-state index in [1.807, 2.05) is 26.8 Å². The van der Waals surface area contributed by atoms with Crippen LogP contribution in [0.15, 0.2) is 18.2 Å². The van der Waals surface area contributed by atoms with E-state index in [1.54, 1.807) is 0 Å². The third-order valence-electron chi connectivity index (χ3n) is 3.31. The van der Waals surface area contributed by atoms with Crippen LogP contribution in [-0.4, -0.2) is 31.6 Å². The molecule has 0 bridgehead atoms. The number of rotatable bonds is 8. The standard InChI is InChI=1S/C17H28N2O2/c1-6-18-14(5)10-19-17(20)11-21-16-9-13(4)7-8-15(16)12(2)3/h7-9,12,14,18H,6,10-11H2,1-5H3,(H,19,20)/t14-/m1/s1. The Labute approximate surface area is 128 Å². The lowest BCUT2D eigenvalue weighted by molar-refractivity contribution is -0.123. The van der Waals surface area contributed by atoms with Gasteiger partial charge in [-0.1, -0.05) is 32.9 Å². The molecule has 118 valence electrons. The summed E-state index contributed by atoms with van der Waals surface area (Å²) in [7, 11) is 0. The number of carbonyl (C=O) groups is 1. The van der Waals surface area contributed by atoms with Gasteiger partial charge < -0.3 is 15.4 Å². The monoisotopic (exact) mass is 292 g/mol. The average molecular weight is 292 g/mol. The van der Waals surface area contributed by atoms with E-state index in [4.69, 9.17) is 4.74 Å². The molecule has 1 aromatic carbocycles. The predicted molar refractivity (Wildman–Crippen MR) is 86.9 cm³/mol. The van der Waals surface area contributed by atoms with Crippen molar-refractivity contribution >= 4 is 5.91 Å². The maximum absolute atomic E-state index is 11.8. The lowest BCUT2D eigenvalue weighted by atomic mass is 10.0. The minimum Gasteiger partial charge on any atom is -0.483 e. The van der Waals surface area contributed by atoms with Crippen LogP contribution in [0.3, 0.4) is 0 Å². The van der Waals surface area contributed by atoms with Gasteiger partial charge in [0.25, 0.3) is 5.91 Å². The molecule has 1 rings (SSSR count). The Hall–Kier alpha value is -1.55. The largest absolute Gasteiger partial charge is 0.483 e. The summed E-state index contributed by atoms with van der Waals surface area (Å²) in [5.41, 5.74) is 2.27. The first-order valence-corrected chi connectivity index (χ1v) is 7.67. The number of likely N-dealkylation sites (N-methyl/N-ethyl adjacent to an activating group) is 1. The van der Waals surface area contributed by atoms with Gasteiger partial charge in [-0.3, -0.25) is 4.79 Å². The average Bonchev–Trinajstić information content (AvgIpc) is 2.43. The van der Waals surface area contributed by atoms with Crippen molar-refractivity contribution in [2.45, 2.75) is 46.6 Å². The highest BCUT2D eigenvalue weighted by Crippen LogP contribution is 2.27. The van der Waals surface area contributed by atoms with Gasteiger partial charge in [0.05, 0.1) is 0 Å². The number of aryl methyl sites for hydroxylation is 1. The van der Waals surface area contributed by atoms with E-state index in [0.717, 1.165) is 23.4 Å². The number of amides is 1. The zero-order valence-corrected chi connectivity index (χ0v) is 13.8. The number of hydrogen-bond acceptors (Lipinski definition) is 3. The Kier molecular flexibility index (Phi) is 7.23. The van der Waals surface area contributed by atoms with Crippen LogP contribution in [0.4, 0.5) is 0 Å². The van der Waals surface area contributed by atoms with Crippen molar-refractivity contribution in [1.82, 2.24) is 10.6 Å². The molecule has 1 aromatic rings. The molecule has 0 aliphatic carbocycles. The Morgan fingerprint density at radius 3 is 2.62 bits per heavy atom. The molecule has 1 atom stereocenters.